The van der Waals surface area contributed by atoms with E-state index in [9.17, 15) is 9.59 Å². The number of hydrogen-bond donors (Lipinski definition) is 1. The number of amides is 2. The Morgan fingerprint density at radius 2 is 1.81 bits per heavy atom. The molecule has 4 nitrogen and oxygen atoms in total. The van der Waals surface area contributed by atoms with E-state index in [-0.39, 0.29) is 18.4 Å². The third-order valence-electron chi connectivity index (χ3n) is 4.34. The van der Waals surface area contributed by atoms with Gasteiger partial charge in [-0.15, -0.1) is 0 Å². The van der Waals surface area contributed by atoms with E-state index in [4.69, 9.17) is 23.2 Å². The van der Waals surface area contributed by atoms with Crippen molar-refractivity contribution in [3.05, 3.63) is 69.7 Å². The molecule has 144 valence electrons. The van der Waals surface area contributed by atoms with E-state index in [0.29, 0.717) is 29.3 Å². The van der Waals surface area contributed by atoms with Gasteiger partial charge in [0.15, 0.2) is 0 Å². The van der Waals surface area contributed by atoms with Gasteiger partial charge in [0.1, 0.15) is 6.04 Å². The highest BCUT2D eigenvalue weighted by molar-refractivity contribution is 6.35. The molecule has 0 radical (unpaired) electrons. The zero-order valence-corrected chi connectivity index (χ0v) is 17.1. The maximum absolute atomic E-state index is 12.9. The van der Waals surface area contributed by atoms with E-state index < -0.39 is 6.04 Å². The van der Waals surface area contributed by atoms with Gasteiger partial charge in [0.25, 0.3) is 0 Å². The number of nitrogens with one attached hydrogen (secondary N) is 1. The van der Waals surface area contributed by atoms with Gasteiger partial charge in [-0.25, -0.2) is 0 Å². The Morgan fingerprint density at radius 1 is 1.11 bits per heavy atom. The minimum absolute atomic E-state index is 0.0759. The number of benzene rings is 2. The summed E-state index contributed by atoms with van der Waals surface area (Å²) in [6.45, 7) is 2.19. The molecule has 2 aromatic carbocycles. The fourth-order valence-electron chi connectivity index (χ4n) is 2.91. The first-order valence-electron chi connectivity index (χ1n) is 8.95. The molecule has 2 aromatic rings. The van der Waals surface area contributed by atoms with Crippen LogP contribution in [0.3, 0.4) is 0 Å². The van der Waals surface area contributed by atoms with Gasteiger partial charge in [0.05, 0.1) is 0 Å². The largest absolute Gasteiger partial charge is 0.357 e. The normalized spacial score (nSPS) is 11.7. The Hall–Kier alpha value is -2.04. The van der Waals surface area contributed by atoms with Crippen LogP contribution in [0.5, 0.6) is 0 Å². The van der Waals surface area contributed by atoms with Crippen molar-refractivity contribution in [3.63, 3.8) is 0 Å². The van der Waals surface area contributed by atoms with Crippen molar-refractivity contribution in [2.75, 3.05) is 7.05 Å². The second kappa shape index (κ2) is 10.3. The molecule has 1 N–H and O–H groups in total. The maximum atomic E-state index is 12.9. The molecule has 6 heteroatoms. The maximum Gasteiger partial charge on any atom is 0.242 e. The number of likely N-dealkylation sites (N-methyl/N-ethyl adjacent to an activating group) is 1. The zero-order valence-electron chi connectivity index (χ0n) is 15.5. The van der Waals surface area contributed by atoms with Gasteiger partial charge in [0, 0.05) is 36.5 Å². The third-order valence-corrected chi connectivity index (χ3v) is 4.92. The molecule has 2 rings (SSSR count). The first-order chi connectivity index (χ1) is 13.0. The summed E-state index contributed by atoms with van der Waals surface area (Å²) in [5.41, 5.74) is 1.75. The Balaban J connectivity index is 2.37. The van der Waals surface area contributed by atoms with Crippen molar-refractivity contribution in [3.8, 4) is 0 Å². The Morgan fingerprint density at radius 3 is 2.41 bits per heavy atom. The standard InChI is InChI=1S/C21H24Cl2N2O2/c1-3-7-20(26)25(14-16-10-11-17(22)13-18(16)23)19(21(27)24-2)12-15-8-5-4-6-9-15/h4-6,8-11,13,19H,3,7,12,14H2,1-2H3,(H,24,27)/t19-/m1/s1. The summed E-state index contributed by atoms with van der Waals surface area (Å²) in [6, 6.07) is 14.2. The van der Waals surface area contributed by atoms with E-state index in [1.54, 1.807) is 30.1 Å². The molecule has 0 aromatic heterocycles. The minimum atomic E-state index is -0.622. The van der Waals surface area contributed by atoms with Gasteiger partial charge >= 0.3 is 0 Å². The second-order valence-corrected chi connectivity index (χ2v) is 7.17. The quantitative estimate of drug-likeness (QED) is 0.702. The lowest BCUT2D eigenvalue weighted by Gasteiger charge is -2.31. The smallest absolute Gasteiger partial charge is 0.242 e. The van der Waals surface area contributed by atoms with E-state index >= 15 is 0 Å². The summed E-state index contributed by atoms with van der Waals surface area (Å²) in [4.78, 5) is 27.1. The fraction of sp³-hybridized carbons (Fsp3) is 0.333. The summed E-state index contributed by atoms with van der Waals surface area (Å²) in [6.07, 6.45) is 1.50. The molecule has 0 aliphatic heterocycles. The molecule has 2 amide bonds. The van der Waals surface area contributed by atoms with Crippen LogP contribution in [0.4, 0.5) is 0 Å². The van der Waals surface area contributed by atoms with Crippen molar-refractivity contribution < 1.29 is 9.59 Å². The van der Waals surface area contributed by atoms with E-state index in [1.807, 2.05) is 37.3 Å². The molecule has 0 aliphatic carbocycles. The average Bonchev–Trinajstić information content (AvgIpc) is 2.66. The van der Waals surface area contributed by atoms with Crippen LogP contribution in [0.25, 0.3) is 0 Å². The zero-order chi connectivity index (χ0) is 19.8. The lowest BCUT2D eigenvalue weighted by molar-refractivity contribution is -0.141. The van der Waals surface area contributed by atoms with E-state index in [2.05, 4.69) is 5.32 Å². The van der Waals surface area contributed by atoms with E-state index in [0.717, 1.165) is 11.1 Å². The molecular formula is C21H24Cl2N2O2. The van der Waals surface area contributed by atoms with Gasteiger partial charge in [-0.2, -0.15) is 0 Å². The van der Waals surface area contributed by atoms with Gasteiger partial charge in [-0.1, -0.05) is 66.5 Å². The Kier molecular flexibility index (Phi) is 8.14. The molecule has 0 saturated carbocycles. The van der Waals surface area contributed by atoms with Gasteiger partial charge in [-0.3, -0.25) is 9.59 Å². The fourth-order valence-corrected chi connectivity index (χ4v) is 3.38. The molecular weight excluding hydrogens is 383 g/mol. The summed E-state index contributed by atoms with van der Waals surface area (Å²) >= 11 is 12.3. The predicted octanol–water partition coefficient (Wildman–Crippen LogP) is 4.48. The highest BCUT2D eigenvalue weighted by atomic mass is 35.5. The molecule has 0 unspecified atom stereocenters. The lowest BCUT2D eigenvalue weighted by atomic mass is 10.0. The average molecular weight is 407 g/mol. The van der Waals surface area contributed by atoms with Gasteiger partial charge in [-0.05, 0) is 29.7 Å². The second-order valence-electron chi connectivity index (χ2n) is 6.33. The lowest BCUT2D eigenvalue weighted by Crippen LogP contribution is -2.49. The van der Waals surface area contributed by atoms with Crippen LogP contribution in [0, 0.1) is 0 Å². The molecule has 0 bridgehead atoms. The first-order valence-corrected chi connectivity index (χ1v) is 9.70. The van der Waals surface area contributed by atoms with E-state index in [1.165, 1.54) is 0 Å². The number of carbonyl (C=O) groups excluding carboxylic acids is 2. The van der Waals surface area contributed by atoms with Crippen LogP contribution in [0.15, 0.2) is 48.5 Å². The molecule has 0 heterocycles. The molecule has 27 heavy (non-hydrogen) atoms. The number of carbonyl (C=O) groups is 2. The summed E-state index contributed by atoms with van der Waals surface area (Å²) < 4.78 is 0. The van der Waals surface area contributed by atoms with Crippen LogP contribution in [0.1, 0.15) is 30.9 Å². The van der Waals surface area contributed by atoms with Crippen LogP contribution >= 0.6 is 23.2 Å². The third kappa shape index (κ3) is 5.98. The molecule has 0 spiro atoms. The van der Waals surface area contributed by atoms with Crippen LogP contribution in [-0.4, -0.2) is 29.8 Å². The minimum Gasteiger partial charge on any atom is -0.357 e. The Bertz CT molecular complexity index is 781. The monoisotopic (exact) mass is 406 g/mol. The van der Waals surface area contributed by atoms with Crippen molar-refractivity contribution in [1.82, 2.24) is 10.2 Å². The number of rotatable bonds is 8. The van der Waals surface area contributed by atoms with Crippen LogP contribution in [-0.2, 0) is 22.6 Å². The predicted molar refractivity (Wildman–Crippen MR) is 110 cm³/mol. The molecule has 1 atom stereocenters. The molecule has 0 saturated heterocycles. The first kappa shape index (κ1) is 21.3. The highest BCUT2D eigenvalue weighted by Gasteiger charge is 2.29. The highest BCUT2D eigenvalue weighted by Crippen LogP contribution is 2.24. The summed E-state index contributed by atoms with van der Waals surface area (Å²) in [5.74, 6) is -0.276. The summed E-state index contributed by atoms with van der Waals surface area (Å²) in [7, 11) is 1.58. The summed E-state index contributed by atoms with van der Waals surface area (Å²) in [5, 5.41) is 3.69. The van der Waals surface area contributed by atoms with Crippen molar-refractivity contribution in [1.29, 1.82) is 0 Å². The topological polar surface area (TPSA) is 49.4 Å². The molecule has 0 fully saturated rings. The number of hydrogen-bond acceptors (Lipinski definition) is 2. The van der Waals surface area contributed by atoms with Crippen molar-refractivity contribution in [2.24, 2.45) is 0 Å². The van der Waals surface area contributed by atoms with Crippen LogP contribution in [0.2, 0.25) is 10.0 Å². The number of halogens is 2. The van der Waals surface area contributed by atoms with Crippen molar-refractivity contribution >= 4 is 35.0 Å². The molecule has 0 aliphatic rings. The van der Waals surface area contributed by atoms with Gasteiger partial charge < -0.3 is 10.2 Å². The van der Waals surface area contributed by atoms with Crippen LogP contribution < -0.4 is 5.32 Å². The van der Waals surface area contributed by atoms with Crippen molar-refractivity contribution in [2.45, 2.75) is 38.8 Å². The number of nitrogens with zero attached hydrogens (tertiary/aromatic N) is 1. The SMILES string of the molecule is CCCC(=O)N(Cc1ccc(Cl)cc1Cl)[C@H](Cc1ccccc1)C(=O)NC. The van der Waals surface area contributed by atoms with Gasteiger partial charge in [0.2, 0.25) is 11.8 Å². The Labute approximate surface area is 170 Å².